The molecule has 2 amide bonds. The zero-order valence-electron chi connectivity index (χ0n) is 13.5. The van der Waals surface area contributed by atoms with E-state index in [2.05, 4.69) is 20.8 Å². The largest absolute Gasteiger partial charge is 0.322 e. The summed E-state index contributed by atoms with van der Waals surface area (Å²) < 4.78 is 0. The van der Waals surface area contributed by atoms with Gasteiger partial charge in [0.1, 0.15) is 0 Å². The Labute approximate surface area is 152 Å². The normalized spacial score (nSPS) is 10.6. The molecular weight excluding hydrogens is 348 g/mol. The number of para-hydroxylation sites is 1. The summed E-state index contributed by atoms with van der Waals surface area (Å²) in [4.78, 5) is 25.4. The fraction of sp³-hybridized carbons (Fsp3) is 0. The molecule has 0 radical (unpaired) electrons. The van der Waals surface area contributed by atoms with E-state index in [1.165, 1.54) is 11.3 Å². The third-order valence-electron chi connectivity index (χ3n) is 3.84. The van der Waals surface area contributed by atoms with Gasteiger partial charge in [-0.2, -0.15) is 5.10 Å². The van der Waals surface area contributed by atoms with E-state index >= 15 is 0 Å². The summed E-state index contributed by atoms with van der Waals surface area (Å²) in [7, 11) is 0. The van der Waals surface area contributed by atoms with Gasteiger partial charge in [0, 0.05) is 16.8 Å². The molecule has 0 saturated heterocycles. The van der Waals surface area contributed by atoms with Crippen molar-refractivity contribution in [1.82, 2.24) is 10.2 Å². The average molecular weight is 362 g/mol. The number of nitrogens with zero attached hydrogens (tertiary/aromatic N) is 1. The zero-order valence-corrected chi connectivity index (χ0v) is 14.3. The molecule has 26 heavy (non-hydrogen) atoms. The SMILES string of the molecule is O=C(Nc1cccc(NC(=O)c2cccc3cn[nH]c23)c1)c1cccs1. The Kier molecular flexibility index (Phi) is 4.20. The molecule has 2 aromatic heterocycles. The molecule has 0 bridgehead atoms. The molecule has 3 N–H and O–H groups in total. The molecule has 0 atom stereocenters. The van der Waals surface area contributed by atoms with Crippen LogP contribution in [0.25, 0.3) is 10.9 Å². The Morgan fingerprint density at radius 3 is 2.46 bits per heavy atom. The molecule has 128 valence electrons. The van der Waals surface area contributed by atoms with Crippen LogP contribution in [0, 0.1) is 0 Å². The molecule has 0 unspecified atom stereocenters. The minimum atomic E-state index is -0.249. The fourth-order valence-corrected chi connectivity index (χ4v) is 3.25. The number of anilines is 2. The molecule has 0 aliphatic carbocycles. The van der Waals surface area contributed by atoms with Crippen LogP contribution in [0.1, 0.15) is 20.0 Å². The first-order valence-corrected chi connectivity index (χ1v) is 8.77. The summed E-state index contributed by atoms with van der Waals surface area (Å²) in [6.45, 7) is 0. The monoisotopic (exact) mass is 362 g/mol. The minimum absolute atomic E-state index is 0.175. The number of carbonyl (C=O) groups is 2. The van der Waals surface area contributed by atoms with Gasteiger partial charge < -0.3 is 10.6 Å². The number of H-pyrrole nitrogens is 1. The molecule has 6 nitrogen and oxygen atoms in total. The van der Waals surface area contributed by atoms with Crippen LogP contribution in [-0.2, 0) is 0 Å². The number of nitrogens with one attached hydrogen (secondary N) is 3. The number of rotatable bonds is 4. The molecule has 0 saturated carbocycles. The predicted molar refractivity (Wildman–Crippen MR) is 103 cm³/mol. The Morgan fingerprint density at radius 1 is 0.923 bits per heavy atom. The molecule has 2 aromatic carbocycles. The van der Waals surface area contributed by atoms with Gasteiger partial charge in [-0.15, -0.1) is 11.3 Å². The third kappa shape index (κ3) is 3.20. The van der Waals surface area contributed by atoms with Crippen LogP contribution in [0.15, 0.2) is 66.2 Å². The Bertz CT molecular complexity index is 1090. The van der Waals surface area contributed by atoms with Crippen molar-refractivity contribution in [2.24, 2.45) is 0 Å². The van der Waals surface area contributed by atoms with Crippen molar-refractivity contribution in [3.8, 4) is 0 Å². The number of fused-ring (bicyclic) bond motifs is 1. The number of carbonyl (C=O) groups excluding carboxylic acids is 2. The summed E-state index contributed by atoms with van der Waals surface area (Å²) in [6, 6.07) is 16.1. The highest BCUT2D eigenvalue weighted by Gasteiger charge is 2.12. The quantitative estimate of drug-likeness (QED) is 0.510. The molecule has 4 rings (SSSR count). The molecule has 0 aliphatic rings. The van der Waals surface area contributed by atoms with E-state index in [-0.39, 0.29) is 11.8 Å². The highest BCUT2D eigenvalue weighted by Crippen LogP contribution is 2.20. The number of aromatic amines is 1. The van der Waals surface area contributed by atoms with Crippen molar-refractivity contribution in [3.63, 3.8) is 0 Å². The second-order valence-electron chi connectivity index (χ2n) is 5.61. The van der Waals surface area contributed by atoms with Gasteiger partial charge in [0.05, 0.1) is 22.2 Å². The number of amides is 2. The second kappa shape index (κ2) is 6.81. The van der Waals surface area contributed by atoms with E-state index in [0.29, 0.717) is 27.3 Å². The van der Waals surface area contributed by atoms with Crippen molar-refractivity contribution in [1.29, 1.82) is 0 Å². The molecule has 2 heterocycles. The number of thiophene rings is 1. The average Bonchev–Trinajstić information content (AvgIpc) is 3.33. The maximum atomic E-state index is 12.6. The van der Waals surface area contributed by atoms with Crippen LogP contribution in [0.4, 0.5) is 11.4 Å². The van der Waals surface area contributed by atoms with Crippen molar-refractivity contribution in [2.45, 2.75) is 0 Å². The second-order valence-corrected chi connectivity index (χ2v) is 6.55. The first kappa shape index (κ1) is 16.0. The summed E-state index contributed by atoms with van der Waals surface area (Å²) in [5.74, 6) is -0.424. The van der Waals surface area contributed by atoms with Crippen LogP contribution < -0.4 is 10.6 Å². The lowest BCUT2D eigenvalue weighted by molar-refractivity contribution is 0.102. The van der Waals surface area contributed by atoms with Gasteiger partial charge >= 0.3 is 0 Å². The lowest BCUT2D eigenvalue weighted by atomic mass is 10.1. The van der Waals surface area contributed by atoms with Crippen LogP contribution in [0.2, 0.25) is 0 Å². The molecule has 7 heteroatoms. The zero-order chi connectivity index (χ0) is 17.9. The van der Waals surface area contributed by atoms with E-state index in [1.807, 2.05) is 23.6 Å². The fourth-order valence-electron chi connectivity index (χ4n) is 2.63. The first-order chi connectivity index (χ1) is 12.7. The lowest BCUT2D eigenvalue weighted by Crippen LogP contribution is -2.13. The van der Waals surface area contributed by atoms with Crippen molar-refractivity contribution >= 4 is 45.4 Å². The Hall–Kier alpha value is -3.45. The molecule has 0 spiro atoms. The van der Waals surface area contributed by atoms with Crippen molar-refractivity contribution in [3.05, 3.63) is 76.6 Å². The predicted octanol–water partition coefficient (Wildman–Crippen LogP) is 4.13. The topological polar surface area (TPSA) is 86.9 Å². The highest BCUT2D eigenvalue weighted by molar-refractivity contribution is 7.12. The molecular formula is C19H14N4O2S. The lowest BCUT2D eigenvalue weighted by Gasteiger charge is -2.09. The maximum absolute atomic E-state index is 12.6. The molecule has 4 aromatic rings. The van der Waals surface area contributed by atoms with Crippen LogP contribution in [-0.4, -0.2) is 22.0 Å². The highest BCUT2D eigenvalue weighted by atomic mass is 32.1. The van der Waals surface area contributed by atoms with Gasteiger partial charge in [-0.1, -0.05) is 24.3 Å². The third-order valence-corrected chi connectivity index (χ3v) is 4.71. The van der Waals surface area contributed by atoms with Gasteiger partial charge in [-0.3, -0.25) is 14.7 Å². The smallest absolute Gasteiger partial charge is 0.265 e. The first-order valence-electron chi connectivity index (χ1n) is 7.89. The Morgan fingerprint density at radius 2 is 1.69 bits per heavy atom. The summed E-state index contributed by atoms with van der Waals surface area (Å²) in [6.07, 6.45) is 1.67. The number of benzene rings is 2. The van der Waals surface area contributed by atoms with Gasteiger partial charge in [0.2, 0.25) is 0 Å². The molecule has 0 fully saturated rings. The number of hydrogen-bond donors (Lipinski definition) is 3. The van der Waals surface area contributed by atoms with Crippen molar-refractivity contribution < 1.29 is 9.59 Å². The van der Waals surface area contributed by atoms with Gasteiger partial charge in [-0.25, -0.2) is 0 Å². The number of aromatic nitrogens is 2. The van der Waals surface area contributed by atoms with E-state index in [9.17, 15) is 9.59 Å². The van der Waals surface area contributed by atoms with Crippen LogP contribution >= 0.6 is 11.3 Å². The van der Waals surface area contributed by atoms with E-state index in [4.69, 9.17) is 0 Å². The van der Waals surface area contributed by atoms with Gasteiger partial charge in [0.15, 0.2) is 0 Å². The van der Waals surface area contributed by atoms with E-state index < -0.39 is 0 Å². The minimum Gasteiger partial charge on any atom is -0.322 e. The Balaban J connectivity index is 1.52. The summed E-state index contributed by atoms with van der Waals surface area (Å²) >= 11 is 1.37. The van der Waals surface area contributed by atoms with E-state index in [0.717, 1.165) is 5.39 Å². The van der Waals surface area contributed by atoms with Crippen LogP contribution in [0.5, 0.6) is 0 Å². The van der Waals surface area contributed by atoms with Crippen molar-refractivity contribution in [2.75, 3.05) is 10.6 Å². The maximum Gasteiger partial charge on any atom is 0.265 e. The standard InChI is InChI=1S/C19H14N4O2S/c24-18(15-7-1-4-12-11-20-23-17(12)15)21-13-5-2-6-14(10-13)22-19(25)16-8-3-9-26-16/h1-11H,(H,20,23)(H,21,24)(H,22,25). The van der Waals surface area contributed by atoms with Gasteiger partial charge in [-0.05, 0) is 35.7 Å². The van der Waals surface area contributed by atoms with E-state index in [1.54, 1.807) is 42.6 Å². The number of hydrogen-bond acceptors (Lipinski definition) is 4. The van der Waals surface area contributed by atoms with Gasteiger partial charge in [0.25, 0.3) is 11.8 Å². The summed E-state index contributed by atoms with van der Waals surface area (Å²) in [5, 5.41) is 15.2. The van der Waals surface area contributed by atoms with Crippen LogP contribution in [0.3, 0.4) is 0 Å². The molecule has 0 aliphatic heterocycles. The summed E-state index contributed by atoms with van der Waals surface area (Å²) in [5.41, 5.74) is 2.40.